The molecule has 0 saturated carbocycles. The Balaban J connectivity index is 2.67. The van der Waals surface area contributed by atoms with Gasteiger partial charge in [0, 0.05) is 31.7 Å². The highest BCUT2D eigenvalue weighted by atomic mass is 79.9. The third kappa shape index (κ3) is 3.80. The molecule has 0 spiro atoms. The van der Waals surface area contributed by atoms with Gasteiger partial charge in [-0.3, -0.25) is 4.68 Å². The van der Waals surface area contributed by atoms with Crippen molar-refractivity contribution in [2.75, 3.05) is 13.2 Å². The number of aryl methyl sites for hydroxylation is 2. The number of aliphatic hydroxyl groups is 1. The van der Waals surface area contributed by atoms with E-state index < -0.39 is 0 Å². The Hall–Kier alpha value is -0.390. The van der Waals surface area contributed by atoms with Crippen molar-refractivity contribution in [1.82, 2.24) is 15.1 Å². The van der Waals surface area contributed by atoms with Crippen molar-refractivity contribution >= 4 is 15.9 Å². The van der Waals surface area contributed by atoms with Crippen LogP contribution in [0.25, 0.3) is 0 Å². The maximum atomic E-state index is 9.57. The van der Waals surface area contributed by atoms with Crippen LogP contribution in [0.1, 0.15) is 45.0 Å². The zero-order chi connectivity index (χ0) is 14.5. The Kier molecular flexibility index (Phi) is 6.50. The Labute approximate surface area is 124 Å². The Morgan fingerprint density at radius 1 is 1.32 bits per heavy atom. The molecule has 0 amide bonds. The third-order valence-corrected chi connectivity index (χ3v) is 5.11. The zero-order valence-electron chi connectivity index (χ0n) is 12.5. The maximum Gasteiger partial charge on any atom is 0.0739 e. The van der Waals surface area contributed by atoms with Crippen LogP contribution in [0.3, 0.4) is 0 Å². The second-order valence-corrected chi connectivity index (χ2v) is 5.92. The molecule has 0 aliphatic heterocycles. The topological polar surface area (TPSA) is 50.1 Å². The SMILES string of the molecule is CCn1nc(C)c(Br)c1CNCC(CC)(CC)CO. The quantitative estimate of drug-likeness (QED) is 0.770. The first-order valence-corrected chi connectivity index (χ1v) is 7.86. The zero-order valence-corrected chi connectivity index (χ0v) is 14.0. The number of nitrogens with zero attached hydrogens (tertiary/aromatic N) is 2. The van der Waals surface area contributed by atoms with Gasteiger partial charge in [-0.25, -0.2) is 0 Å². The van der Waals surface area contributed by atoms with Gasteiger partial charge < -0.3 is 10.4 Å². The fourth-order valence-electron chi connectivity index (χ4n) is 2.26. The van der Waals surface area contributed by atoms with Crippen molar-refractivity contribution in [2.45, 2.75) is 53.6 Å². The molecule has 0 aromatic carbocycles. The molecule has 0 radical (unpaired) electrons. The van der Waals surface area contributed by atoms with E-state index in [0.29, 0.717) is 0 Å². The van der Waals surface area contributed by atoms with Crippen LogP contribution in [-0.4, -0.2) is 28.0 Å². The molecule has 2 N–H and O–H groups in total. The molecule has 1 rings (SSSR count). The Bertz CT molecular complexity index is 391. The third-order valence-electron chi connectivity index (χ3n) is 4.08. The number of rotatable bonds is 8. The fourth-order valence-corrected chi connectivity index (χ4v) is 2.69. The number of hydrogen-bond donors (Lipinski definition) is 2. The minimum absolute atomic E-state index is 0.00140. The predicted molar refractivity (Wildman–Crippen MR) is 82.1 cm³/mol. The molecule has 5 heteroatoms. The van der Waals surface area contributed by atoms with Gasteiger partial charge in [0.05, 0.1) is 15.9 Å². The lowest BCUT2D eigenvalue weighted by Crippen LogP contribution is -2.36. The minimum atomic E-state index is -0.00140. The molecule has 19 heavy (non-hydrogen) atoms. The molecule has 0 bridgehead atoms. The smallest absolute Gasteiger partial charge is 0.0739 e. The summed E-state index contributed by atoms with van der Waals surface area (Å²) in [7, 11) is 0. The average Bonchev–Trinajstić information content (AvgIpc) is 2.71. The van der Waals surface area contributed by atoms with Crippen LogP contribution in [0.5, 0.6) is 0 Å². The normalized spacial score (nSPS) is 12.1. The predicted octanol–water partition coefficient (Wildman–Crippen LogP) is 2.86. The summed E-state index contributed by atoms with van der Waals surface area (Å²) in [6.45, 7) is 11.1. The van der Waals surface area contributed by atoms with Crippen LogP contribution >= 0.6 is 15.9 Å². The van der Waals surface area contributed by atoms with Crippen LogP contribution in [0.4, 0.5) is 0 Å². The molecule has 0 unspecified atom stereocenters. The van der Waals surface area contributed by atoms with E-state index in [1.807, 2.05) is 11.6 Å². The number of aromatic nitrogens is 2. The van der Waals surface area contributed by atoms with Gasteiger partial charge in [-0.1, -0.05) is 13.8 Å². The van der Waals surface area contributed by atoms with Crippen molar-refractivity contribution in [3.8, 4) is 0 Å². The van der Waals surface area contributed by atoms with Gasteiger partial charge in [0.15, 0.2) is 0 Å². The van der Waals surface area contributed by atoms with Crippen molar-refractivity contribution in [3.05, 3.63) is 15.9 Å². The molecule has 0 saturated heterocycles. The summed E-state index contributed by atoms with van der Waals surface area (Å²) in [6.07, 6.45) is 1.97. The highest BCUT2D eigenvalue weighted by molar-refractivity contribution is 9.10. The summed E-state index contributed by atoms with van der Waals surface area (Å²) in [5.74, 6) is 0. The molecule has 1 aromatic rings. The maximum absolute atomic E-state index is 9.57. The monoisotopic (exact) mass is 331 g/mol. The Morgan fingerprint density at radius 3 is 2.42 bits per heavy atom. The lowest BCUT2D eigenvalue weighted by molar-refractivity contribution is 0.112. The standard InChI is InChI=1S/C14H26BrN3O/c1-5-14(6-2,10-19)9-16-8-12-13(15)11(4)17-18(12)7-3/h16,19H,5-10H2,1-4H3. The number of aliphatic hydroxyl groups excluding tert-OH is 1. The van der Waals surface area contributed by atoms with E-state index in [1.54, 1.807) is 0 Å². The molecule has 1 heterocycles. The number of nitrogens with one attached hydrogen (secondary N) is 1. The highest BCUT2D eigenvalue weighted by Crippen LogP contribution is 2.25. The molecule has 0 fully saturated rings. The largest absolute Gasteiger partial charge is 0.396 e. The van der Waals surface area contributed by atoms with Gasteiger partial charge in [-0.2, -0.15) is 5.10 Å². The van der Waals surface area contributed by atoms with Gasteiger partial charge in [0.1, 0.15) is 0 Å². The van der Waals surface area contributed by atoms with E-state index in [0.717, 1.165) is 42.6 Å². The van der Waals surface area contributed by atoms with Gasteiger partial charge in [-0.15, -0.1) is 0 Å². The fraction of sp³-hybridized carbons (Fsp3) is 0.786. The van der Waals surface area contributed by atoms with Crippen LogP contribution in [0.2, 0.25) is 0 Å². The molecule has 0 aliphatic carbocycles. The van der Waals surface area contributed by atoms with Crippen molar-refractivity contribution in [3.63, 3.8) is 0 Å². The van der Waals surface area contributed by atoms with Crippen LogP contribution in [0.15, 0.2) is 4.47 Å². The van der Waals surface area contributed by atoms with Crippen LogP contribution in [-0.2, 0) is 13.1 Å². The van der Waals surface area contributed by atoms with E-state index in [9.17, 15) is 5.11 Å². The molecule has 0 atom stereocenters. The molecular weight excluding hydrogens is 306 g/mol. The van der Waals surface area contributed by atoms with Gasteiger partial charge >= 0.3 is 0 Å². The first-order valence-electron chi connectivity index (χ1n) is 7.06. The summed E-state index contributed by atoms with van der Waals surface area (Å²) >= 11 is 3.60. The van der Waals surface area contributed by atoms with E-state index in [2.05, 4.69) is 47.1 Å². The van der Waals surface area contributed by atoms with Crippen molar-refractivity contribution in [1.29, 1.82) is 0 Å². The molecule has 110 valence electrons. The second kappa shape index (κ2) is 7.41. The molecule has 1 aromatic heterocycles. The van der Waals surface area contributed by atoms with E-state index >= 15 is 0 Å². The van der Waals surface area contributed by atoms with Crippen LogP contribution < -0.4 is 5.32 Å². The van der Waals surface area contributed by atoms with Crippen LogP contribution in [0, 0.1) is 12.3 Å². The van der Waals surface area contributed by atoms with Gasteiger partial charge in [0.2, 0.25) is 0 Å². The summed E-state index contributed by atoms with van der Waals surface area (Å²) in [4.78, 5) is 0. The van der Waals surface area contributed by atoms with Crippen molar-refractivity contribution < 1.29 is 5.11 Å². The first-order chi connectivity index (χ1) is 9.03. The number of halogens is 1. The summed E-state index contributed by atoms with van der Waals surface area (Å²) in [6, 6.07) is 0. The second-order valence-electron chi connectivity index (χ2n) is 5.13. The molecule has 0 aliphatic rings. The average molecular weight is 332 g/mol. The van der Waals surface area contributed by atoms with E-state index in [1.165, 1.54) is 5.69 Å². The highest BCUT2D eigenvalue weighted by Gasteiger charge is 2.25. The lowest BCUT2D eigenvalue weighted by atomic mass is 9.83. The van der Waals surface area contributed by atoms with Gasteiger partial charge in [-0.05, 0) is 42.6 Å². The Morgan fingerprint density at radius 2 is 1.95 bits per heavy atom. The number of hydrogen-bond acceptors (Lipinski definition) is 3. The summed E-state index contributed by atoms with van der Waals surface area (Å²) in [5, 5.41) is 17.5. The lowest BCUT2D eigenvalue weighted by Gasteiger charge is -2.29. The first kappa shape index (κ1) is 16.7. The van der Waals surface area contributed by atoms with E-state index in [-0.39, 0.29) is 12.0 Å². The summed E-state index contributed by atoms with van der Waals surface area (Å²) in [5.41, 5.74) is 2.20. The minimum Gasteiger partial charge on any atom is -0.396 e. The van der Waals surface area contributed by atoms with Gasteiger partial charge in [0.25, 0.3) is 0 Å². The molecular formula is C14H26BrN3O. The van der Waals surface area contributed by atoms with Crippen molar-refractivity contribution in [2.24, 2.45) is 5.41 Å². The van der Waals surface area contributed by atoms with E-state index in [4.69, 9.17) is 0 Å². The summed E-state index contributed by atoms with van der Waals surface area (Å²) < 4.78 is 3.11. The molecule has 4 nitrogen and oxygen atoms in total.